The van der Waals surface area contributed by atoms with Crippen LogP contribution in [0.15, 0.2) is 47.2 Å². The average molecular weight is 541 g/mol. The highest BCUT2D eigenvalue weighted by Crippen LogP contribution is 2.29. The molecular formula is C28H8F4N4S2. The Morgan fingerprint density at radius 3 is 1.32 bits per heavy atom. The molecule has 0 fully saturated rings. The molecule has 0 amide bonds. The Morgan fingerprint density at radius 2 is 0.974 bits per heavy atom. The lowest BCUT2D eigenvalue weighted by Crippen LogP contribution is -2.17. The monoisotopic (exact) mass is 540 g/mol. The normalized spacial score (nSPS) is 12.4. The van der Waals surface area contributed by atoms with Gasteiger partial charge < -0.3 is 0 Å². The summed E-state index contributed by atoms with van der Waals surface area (Å²) in [6.45, 7) is 0. The SMILES string of the molecule is N#C/C(c1cc(C#N)c(F)cc1F)=c1\c2ccsc2/c(=C(/C#N)c2cc(C#N)c(F)cc2F)c2ccsc12. The molecule has 0 bridgehead atoms. The number of rotatable bonds is 2. The Balaban J connectivity index is 2.05. The van der Waals surface area contributed by atoms with Crippen LogP contribution < -0.4 is 10.4 Å². The molecule has 3 aromatic carbocycles. The first-order valence-electron chi connectivity index (χ1n) is 10.6. The van der Waals surface area contributed by atoms with Gasteiger partial charge in [0.2, 0.25) is 0 Å². The highest BCUT2D eigenvalue weighted by molar-refractivity contribution is 7.18. The van der Waals surface area contributed by atoms with E-state index < -0.39 is 34.4 Å². The van der Waals surface area contributed by atoms with E-state index in [9.17, 15) is 38.6 Å². The van der Waals surface area contributed by atoms with E-state index in [0.29, 0.717) is 42.7 Å². The summed E-state index contributed by atoms with van der Waals surface area (Å²) >= 11 is 2.37. The topological polar surface area (TPSA) is 95.2 Å². The van der Waals surface area contributed by atoms with Crippen LogP contribution >= 0.6 is 22.7 Å². The van der Waals surface area contributed by atoms with Crippen LogP contribution in [0.2, 0.25) is 0 Å². The summed E-state index contributed by atoms with van der Waals surface area (Å²) in [5, 5.41) is 43.5. The van der Waals surface area contributed by atoms with Gasteiger partial charge in [0.1, 0.15) is 47.5 Å². The Labute approximate surface area is 219 Å². The van der Waals surface area contributed by atoms with Crippen LogP contribution in [0.5, 0.6) is 0 Å². The van der Waals surface area contributed by atoms with Gasteiger partial charge in [0, 0.05) is 53.9 Å². The van der Waals surface area contributed by atoms with E-state index in [1.54, 1.807) is 35.0 Å². The molecule has 0 aliphatic rings. The van der Waals surface area contributed by atoms with E-state index in [4.69, 9.17) is 0 Å². The molecule has 180 valence electrons. The summed E-state index contributed by atoms with van der Waals surface area (Å²) < 4.78 is 58.7. The number of hydrogen-bond donors (Lipinski definition) is 0. The molecule has 2 aromatic heterocycles. The molecule has 0 saturated carbocycles. The zero-order chi connectivity index (χ0) is 27.1. The summed E-state index contributed by atoms with van der Waals surface area (Å²) in [7, 11) is 0. The predicted octanol–water partition coefficient (Wildman–Crippen LogP) is 5.86. The van der Waals surface area contributed by atoms with Crippen molar-refractivity contribution < 1.29 is 17.6 Å². The van der Waals surface area contributed by atoms with Gasteiger partial charge in [-0.25, -0.2) is 17.6 Å². The van der Waals surface area contributed by atoms with E-state index in [1.807, 2.05) is 12.1 Å². The number of nitriles is 4. The van der Waals surface area contributed by atoms with Gasteiger partial charge in [-0.2, -0.15) is 21.0 Å². The Bertz CT molecular complexity index is 1920. The summed E-state index contributed by atoms with van der Waals surface area (Å²) in [6, 6.07) is 13.6. The molecule has 5 rings (SSSR count). The fourth-order valence-electron chi connectivity index (χ4n) is 4.29. The fourth-order valence-corrected chi connectivity index (χ4v) is 6.23. The quantitative estimate of drug-likeness (QED) is 0.262. The number of halogens is 4. The maximum absolute atomic E-state index is 14.9. The molecule has 4 nitrogen and oxygen atoms in total. The lowest BCUT2D eigenvalue weighted by Gasteiger charge is -2.08. The molecule has 0 atom stereocenters. The molecule has 5 aromatic rings. The van der Waals surface area contributed by atoms with Crippen molar-refractivity contribution in [2.45, 2.75) is 0 Å². The third-order valence-corrected chi connectivity index (χ3v) is 7.80. The maximum Gasteiger partial charge on any atom is 0.143 e. The lowest BCUT2D eigenvalue weighted by atomic mass is 9.95. The number of fused-ring (bicyclic) bond motifs is 2. The van der Waals surface area contributed by atoms with Gasteiger partial charge in [0.05, 0.1) is 22.3 Å². The molecular weight excluding hydrogens is 532 g/mol. The Kier molecular flexibility index (Phi) is 6.15. The molecule has 0 aliphatic carbocycles. The second kappa shape index (κ2) is 9.47. The minimum absolute atomic E-state index is 0.153. The smallest absolute Gasteiger partial charge is 0.143 e. The van der Waals surface area contributed by atoms with Crippen molar-refractivity contribution in [2.24, 2.45) is 0 Å². The van der Waals surface area contributed by atoms with E-state index in [-0.39, 0.29) is 22.3 Å². The van der Waals surface area contributed by atoms with Crippen molar-refractivity contribution in [3.63, 3.8) is 0 Å². The van der Waals surface area contributed by atoms with Crippen molar-refractivity contribution in [1.29, 1.82) is 21.0 Å². The van der Waals surface area contributed by atoms with Crippen LogP contribution in [0.3, 0.4) is 0 Å². The van der Waals surface area contributed by atoms with Crippen molar-refractivity contribution in [3.8, 4) is 24.3 Å². The van der Waals surface area contributed by atoms with Gasteiger partial charge in [-0.15, -0.1) is 22.7 Å². The average Bonchev–Trinajstić information content (AvgIpc) is 3.58. The zero-order valence-electron chi connectivity index (χ0n) is 18.7. The summed E-state index contributed by atoms with van der Waals surface area (Å²) in [5.41, 5.74) is -1.72. The molecule has 0 saturated heterocycles. The molecule has 38 heavy (non-hydrogen) atoms. The van der Waals surface area contributed by atoms with Gasteiger partial charge in [0.25, 0.3) is 0 Å². The van der Waals surface area contributed by atoms with Crippen molar-refractivity contribution in [1.82, 2.24) is 0 Å². The predicted molar refractivity (Wildman–Crippen MR) is 135 cm³/mol. The number of nitrogens with zero attached hydrogens (tertiary/aromatic N) is 4. The fraction of sp³-hybridized carbons (Fsp3) is 0. The van der Waals surface area contributed by atoms with Crippen LogP contribution in [0.1, 0.15) is 22.3 Å². The van der Waals surface area contributed by atoms with Crippen molar-refractivity contribution in [2.75, 3.05) is 0 Å². The molecule has 0 aliphatic heterocycles. The van der Waals surface area contributed by atoms with Crippen LogP contribution in [-0.4, -0.2) is 0 Å². The highest BCUT2D eigenvalue weighted by atomic mass is 32.1. The Hall–Kier alpha value is -5.00. The molecule has 0 unspecified atom stereocenters. The third kappa shape index (κ3) is 3.69. The second-order valence-electron chi connectivity index (χ2n) is 7.90. The first-order valence-corrected chi connectivity index (χ1v) is 12.3. The highest BCUT2D eigenvalue weighted by Gasteiger charge is 2.21. The zero-order valence-corrected chi connectivity index (χ0v) is 20.4. The number of benzene rings is 3. The first-order chi connectivity index (χ1) is 18.3. The van der Waals surface area contributed by atoms with E-state index in [0.717, 1.165) is 12.1 Å². The summed E-state index contributed by atoms with van der Waals surface area (Å²) in [4.78, 5) is 0. The molecule has 2 heterocycles. The van der Waals surface area contributed by atoms with Gasteiger partial charge >= 0.3 is 0 Å². The van der Waals surface area contributed by atoms with Gasteiger partial charge in [-0.3, -0.25) is 0 Å². The van der Waals surface area contributed by atoms with E-state index >= 15 is 0 Å². The lowest BCUT2D eigenvalue weighted by molar-refractivity contribution is 0.578. The van der Waals surface area contributed by atoms with Gasteiger partial charge in [0.15, 0.2) is 0 Å². The van der Waals surface area contributed by atoms with Crippen LogP contribution in [0.4, 0.5) is 17.6 Å². The third-order valence-electron chi connectivity index (χ3n) is 5.94. The van der Waals surface area contributed by atoms with Crippen LogP contribution in [-0.2, 0) is 0 Å². The van der Waals surface area contributed by atoms with Gasteiger partial charge in [-0.05, 0) is 35.0 Å². The van der Waals surface area contributed by atoms with Crippen LogP contribution in [0, 0.1) is 68.6 Å². The van der Waals surface area contributed by atoms with E-state index in [2.05, 4.69) is 0 Å². The first kappa shape index (κ1) is 24.7. The molecule has 0 N–H and O–H groups in total. The summed E-state index contributed by atoms with van der Waals surface area (Å²) in [6.07, 6.45) is 0. The molecule has 10 heteroatoms. The van der Waals surface area contributed by atoms with Crippen LogP contribution in [0.25, 0.3) is 31.3 Å². The van der Waals surface area contributed by atoms with Crippen molar-refractivity contribution in [3.05, 3.63) is 103 Å². The largest absolute Gasteiger partial charge is 0.206 e. The molecule has 0 radical (unpaired) electrons. The Morgan fingerprint density at radius 1 is 0.579 bits per heavy atom. The second-order valence-corrected chi connectivity index (χ2v) is 9.73. The minimum Gasteiger partial charge on any atom is -0.206 e. The maximum atomic E-state index is 14.9. The van der Waals surface area contributed by atoms with Crippen molar-refractivity contribution >= 4 is 54.0 Å². The number of hydrogen-bond acceptors (Lipinski definition) is 6. The minimum atomic E-state index is -1.06. The standard InChI is InChI=1S/C28H8F4N4S2/c29-21-7-23(31)17(5-13(21)9-33)19(11-35)25-15-1-3-37-27(15)26(16-2-4-38-28(16)25)20(12-36)18-6-14(10-34)22(30)8-24(18)32/h1-8H/b25-19-,26-20-. The molecule has 0 spiro atoms. The van der Waals surface area contributed by atoms with E-state index in [1.165, 1.54) is 22.7 Å². The number of thiophene rings is 2. The summed E-state index contributed by atoms with van der Waals surface area (Å²) in [5.74, 6) is -4.18. The van der Waals surface area contributed by atoms with Gasteiger partial charge in [-0.1, -0.05) is 0 Å².